The summed E-state index contributed by atoms with van der Waals surface area (Å²) in [6.07, 6.45) is -1.99. The molecule has 0 radical (unpaired) electrons. The lowest BCUT2D eigenvalue weighted by atomic mass is 9.85. The summed E-state index contributed by atoms with van der Waals surface area (Å²) < 4.78 is 71.0. The van der Waals surface area contributed by atoms with Gasteiger partial charge in [-0.15, -0.1) is 0 Å². The quantitative estimate of drug-likeness (QED) is 0.640. The minimum atomic E-state index is -4.52. The minimum absolute atomic E-state index is 0.200. The standard InChI is InChI=1S/C22H24F3NO4S/c1-2-30-21(27)13-6-15-4-3-5-16-14-18(9-12-20(15)16)26-31(28,29)19-10-7-17(8-11-19)22(23,24)25/h3-5,7-8,10-11,18,26H,2,6,9,12-14H2,1H3. The molecule has 1 aliphatic carbocycles. The molecule has 1 aliphatic rings. The van der Waals surface area contributed by atoms with Crippen molar-refractivity contribution in [3.8, 4) is 0 Å². The van der Waals surface area contributed by atoms with Gasteiger partial charge in [-0.05, 0) is 73.6 Å². The molecule has 0 bridgehead atoms. The van der Waals surface area contributed by atoms with E-state index in [1.165, 1.54) is 0 Å². The van der Waals surface area contributed by atoms with Crippen LogP contribution < -0.4 is 4.72 Å². The zero-order chi connectivity index (χ0) is 22.6. The van der Waals surface area contributed by atoms with E-state index >= 15 is 0 Å². The fourth-order valence-corrected chi connectivity index (χ4v) is 5.07. The van der Waals surface area contributed by atoms with E-state index in [0.29, 0.717) is 32.3 Å². The van der Waals surface area contributed by atoms with Crippen LogP contribution in [0.4, 0.5) is 13.2 Å². The number of fused-ring (bicyclic) bond motifs is 1. The molecule has 0 aromatic heterocycles. The lowest BCUT2D eigenvalue weighted by molar-refractivity contribution is -0.143. The molecule has 3 rings (SSSR count). The summed E-state index contributed by atoms with van der Waals surface area (Å²) in [6.45, 7) is 2.10. The number of sulfonamides is 1. The van der Waals surface area contributed by atoms with Gasteiger partial charge < -0.3 is 4.74 Å². The molecule has 0 saturated heterocycles. The van der Waals surface area contributed by atoms with E-state index in [9.17, 15) is 26.4 Å². The first-order valence-electron chi connectivity index (χ1n) is 10.0. The second-order valence-electron chi connectivity index (χ2n) is 7.44. The maximum atomic E-state index is 12.7. The van der Waals surface area contributed by atoms with Gasteiger partial charge in [-0.2, -0.15) is 13.2 Å². The molecule has 0 aliphatic heterocycles. The Bertz CT molecular complexity index is 1030. The number of halogens is 3. The van der Waals surface area contributed by atoms with Gasteiger partial charge in [-0.1, -0.05) is 18.2 Å². The average molecular weight is 455 g/mol. The Morgan fingerprint density at radius 3 is 2.52 bits per heavy atom. The van der Waals surface area contributed by atoms with E-state index in [1.807, 2.05) is 18.2 Å². The van der Waals surface area contributed by atoms with E-state index in [-0.39, 0.29) is 23.3 Å². The molecular formula is C22H24F3NO4S. The molecule has 168 valence electrons. The normalized spacial score (nSPS) is 16.6. The Morgan fingerprint density at radius 1 is 1.16 bits per heavy atom. The highest BCUT2D eigenvalue weighted by atomic mass is 32.2. The fourth-order valence-electron chi connectivity index (χ4n) is 3.80. The molecule has 2 aromatic rings. The number of carbonyl (C=O) groups excluding carboxylic acids is 1. The first-order chi connectivity index (χ1) is 14.6. The predicted octanol–water partition coefficient (Wildman–Crippen LogP) is 4.04. The van der Waals surface area contributed by atoms with E-state index in [0.717, 1.165) is 41.0 Å². The molecule has 0 saturated carbocycles. The van der Waals surface area contributed by atoms with Crippen LogP contribution in [0.5, 0.6) is 0 Å². The number of carbonyl (C=O) groups is 1. The summed E-state index contributed by atoms with van der Waals surface area (Å²) >= 11 is 0. The molecular weight excluding hydrogens is 431 g/mol. The maximum Gasteiger partial charge on any atom is 0.416 e. The Morgan fingerprint density at radius 2 is 1.87 bits per heavy atom. The Labute approximate surface area is 179 Å². The molecule has 0 fully saturated rings. The molecule has 1 atom stereocenters. The molecule has 1 unspecified atom stereocenters. The monoisotopic (exact) mass is 455 g/mol. The van der Waals surface area contributed by atoms with E-state index in [2.05, 4.69) is 4.72 Å². The molecule has 5 nitrogen and oxygen atoms in total. The highest BCUT2D eigenvalue weighted by Crippen LogP contribution is 2.30. The van der Waals surface area contributed by atoms with Crippen LogP contribution in [-0.2, 0) is 45.0 Å². The lowest BCUT2D eigenvalue weighted by Crippen LogP contribution is -2.39. The van der Waals surface area contributed by atoms with E-state index < -0.39 is 21.8 Å². The molecule has 31 heavy (non-hydrogen) atoms. The van der Waals surface area contributed by atoms with Crippen LogP contribution in [-0.4, -0.2) is 27.0 Å². The molecule has 0 heterocycles. The van der Waals surface area contributed by atoms with Crippen LogP contribution in [0.3, 0.4) is 0 Å². The first kappa shape index (κ1) is 23.3. The number of alkyl halides is 3. The summed E-state index contributed by atoms with van der Waals surface area (Å²) in [5.41, 5.74) is 2.28. The van der Waals surface area contributed by atoms with Gasteiger partial charge in [-0.3, -0.25) is 4.79 Å². The van der Waals surface area contributed by atoms with Gasteiger partial charge in [0.15, 0.2) is 0 Å². The summed E-state index contributed by atoms with van der Waals surface area (Å²) in [7, 11) is -3.94. The van der Waals surface area contributed by atoms with Gasteiger partial charge in [0.2, 0.25) is 10.0 Å². The van der Waals surface area contributed by atoms with Crippen molar-refractivity contribution in [1.82, 2.24) is 4.72 Å². The van der Waals surface area contributed by atoms with Crippen LogP contribution in [0.2, 0.25) is 0 Å². The number of ether oxygens (including phenoxy) is 1. The fraction of sp³-hybridized carbons (Fsp3) is 0.409. The van der Waals surface area contributed by atoms with E-state index in [4.69, 9.17) is 4.74 Å². The number of hydrogen-bond donors (Lipinski definition) is 1. The van der Waals surface area contributed by atoms with Gasteiger partial charge in [-0.25, -0.2) is 13.1 Å². The summed E-state index contributed by atoms with van der Waals surface area (Å²) in [5, 5.41) is 0. The van der Waals surface area contributed by atoms with Gasteiger partial charge in [0.25, 0.3) is 0 Å². The smallest absolute Gasteiger partial charge is 0.416 e. The zero-order valence-corrected chi connectivity index (χ0v) is 17.9. The van der Waals surface area contributed by atoms with Crippen molar-refractivity contribution in [1.29, 1.82) is 0 Å². The first-order valence-corrected chi connectivity index (χ1v) is 11.5. The van der Waals surface area contributed by atoms with Crippen LogP contribution in [0.25, 0.3) is 0 Å². The third-order valence-corrected chi connectivity index (χ3v) is 6.83. The summed E-state index contributed by atoms with van der Waals surface area (Å²) in [5.74, 6) is -0.252. The second-order valence-corrected chi connectivity index (χ2v) is 9.16. The number of esters is 1. The van der Waals surface area contributed by atoms with Gasteiger partial charge in [0.1, 0.15) is 0 Å². The van der Waals surface area contributed by atoms with Crippen molar-refractivity contribution in [2.45, 2.75) is 56.1 Å². The minimum Gasteiger partial charge on any atom is -0.466 e. The molecule has 0 spiro atoms. The molecule has 9 heteroatoms. The third kappa shape index (κ3) is 5.86. The molecule has 1 N–H and O–H groups in total. The Hall–Kier alpha value is -2.39. The predicted molar refractivity (Wildman–Crippen MR) is 109 cm³/mol. The number of hydrogen-bond acceptors (Lipinski definition) is 4. The lowest BCUT2D eigenvalue weighted by Gasteiger charge is -2.27. The van der Waals surface area contributed by atoms with Crippen LogP contribution in [0.15, 0.2) is 47.4 Å². The highest BCUT2D eigenvalue weighted by Gasteiger charge is 2.31. The average Bonchev–Trinajstić information content (AvgIpc) is 2.71. The zero-order valence-electron chi connectivity index (χ0n) is 17.0. The Kier molecular flexibility index (Phi) is 7.06. The Balaban J connectivity index is 1.68. The van der Waals surface area contributed by atoms with Crippen LogP contribution >= 0.6 is 0 Å². The number of aryl methyl sites for hydroxylation is 1. The van der Waals surface area contributed by atoms with Crippen molar-refractivity contribution in [3.63, 3.8) is 0 Å². The largest absolute Gasteiger partial charge is 0.466 e. The highest BCUT2D eigenvalue weighted by molar-refractivity contribution is 7.89. The number of nitrogens with one attached hydrogen (secondary N) is 1. The SMILES string of the molecule is CCOC(=O)CCc1cccc2c1CCC(NS(=O)(=O)c1ccc(C(F)(F)F)cc1)C2. The van der Waals surface area contributed by atoms with Crippen molar-refractivity contribution in [3.05, 3.63) is 64.7 Å². The van der Waals surface area contributed by atoms with Crippen molar-refractivity contribution in [2.24, 2.45) is 0 Å². The second kappa shape index (κ2) is 9.40. The topological polar surface area (TPSA) is 72.5 Å². The van der Waals surface area contributed by atoms with Gasteiger partial charge in [0.05, 0.1) is 17.1 Å². The summed E-state index contributed by atoms with van der Waals surface area (Å²) in [4.78, 5) is 11.4. The summed E-state index contributed by atoms with van der Waals surface area (Å²) in [6, 6.07) is 8.88. The van der Waals surface area contributed by atoms with Crippen LogP contribution in [0.1, 0.15) is 42.0 Å². The number of rotatable bonds is 7. The number of benzene rings is 2. The van der Waals surface area contributed by atoms with Gasteiger partial charge >= 0.3 is 12.1 Å². The van der Waals surface area contributed by atoms with Gasteiger partial charge in [0, 0.05) is 12.5 Å². The van der Waals surface area contributed by atoms with Crippen molar-refractivity contribution in [2.75, 3.05) is 6.61 Å². The maximum absolute atomic E-state index is 12.7. The van der Waals surface area contributed by atoms with Crippen LogP contribution in [0, 0.1) is 0 Å². The molecule has 2 aromatic carbocycles. The third-order valence-electron chi connectivity index (χ3n) is 5.30. The van der Waals surface area contributed by atoms with E-state index in [1.54, 1.807) is 6.92 Å². The molecule has 0 amide bonds. The van der Waals surface area contributed by atoms with Crippen molar-refractivity contribution < 1.29 is 31.1 Å². The van der Waals surface area contributed by atoms with Crippen molar-refractivity contribution >= 4 is 16.0 Å².